The lowest BCUT2D eigenvalue weighted by molar-refractivity contribution is -0.387. The summed E-state index contributed by atoms with van der Waals surface area (Å²) in [6.45, 7) is 1.95. The molecule has 34 heavy (non-hydrogen) atoms. The van der Waals surface area contributed by atoms with Crippen molar-refractivity contribution in [3.8, 4) is 6.07 Å². The maximum atomic E-state index is 12.9. The van der Waals surface area contributed by atoms with Gasteiger partial charge in [-0.25, -0.2) is 0 Å². The lowest BCUT2D eigenvalue weighted by atomic mass is 10.1. The lowest BCUT2D eigenvalue weighted by Crippen LogP contribution is -2.27. The average Bonchev–Trinajstić information content (AvgIpc) is 3.09. The Labute approximate surface area is 204 Å². The molecule has 3 aromatic carbocycles. The van der Waals surface area contributed by atoms with E-state index in [1.54, 1.807) is 36.4 Å². The van der Waals surface area contributed by atoms with Crippen molar-refractivity contribution < 1.29 is 14.5 Å². The molecule has 2 amide bonds. The van der Waals surface area contributed by atoms with Crippen molar-refractivity contribution in [1.29, 1.82) is 5.26 Å². The quantitative estimate of drug-likeness (QED) is 0.233. The second-order valence-electron chi connectivity index (χ2n) is 7.44. The van der Waals surface area contributed by atoms with E-state index < -0.39 is 16.1 Å². The molecular weight excluding hydrogens is 470 g/mol. The highest BCUT2D eigenvalue weighted by molar-refractivity contribution is 8.18. The molecule has 0 spiro atoms. The minimum absolute atomic E-state index is 0.0159. The van der Waals surface area contributed by atoms with E-state index in [0.29, 0.717) is 21.6 Å². The number of thioether (sulfide) groups is 1. The Bertz CT molecular complexity index is 1380. The largest absolute Gasteiger partial charge is 0.293 e. The van der Waals surface area contributed by atoms with Crippen LogP contribution in [-0.4, -0.2) is 21.0 Å². The third-order valence-electron chi connectivity index (χ3n) is 5.07. The van der Waals surface area contributed by atoms with Crippen LogP contribution >= 0.6 is 23.5 Å². The molecule has 1 aliphatic heterocycles. The Kier molecular flexibility index (Phi) is 6.82. The molecule has 168 valence electrons. The zero-order valence-corrected chi connectivity index (χ0v) is 19.6. The predicted molar refractivity (Wildman–Crippen MR) is 131 cm³/mol. The van der Waals surface area contributed by atoms with Crippen LogP contribution in [0.2, 0.25) is 0 Å². The zero-order chi connectivity index (χ0) is 24.2. The molecule has 1 aliphatic rings. The van der Waals surface area contributed by atoms with Crippen molar-refractivity contribution in [3.63, 3.8) is 0 Å². The van der Waals surface area contributed by atoms with E-state index in [2.05, 4.69) is 6.07 Å². The Hall–Kier alpha value is -3.87. The van der Waals surface area contributed by atoms with Gasteiger partial charge in [0.05, 0.1) is 32.9 Å². The normalized spacial score (nSPS) is 14.5. The number of rotatable bonds is 6. The molecule has 1 fully saturated rings. The lowest BCUT2D eigenvalue weighted by Gasteiger charge is -2.13. The number of nitro benzene ring substituents is 1. The van der Waals surface area contributed by atoms with E-state index in [0.717, 1.165) is 27.1 Å². The van der Waals surface area contributed by atoms with Crippen molar-refractivity contribution in [2.75, 3.05) is 0 Å². The van der Waals surface area contributed by atoms with E-state index in [9.17, 15) is 25.0 Å². The van der Waals surface area contributed by atoms with Gasteiger partial charge in [0.15, 0.2) is 0 Å². The van der Waals surface area contributed by atoms with Crippen LogP contribution in [0.25, 0.3) is 6.08 Å². The molecule has 0 saturated carbocycles. The van der Waals surface area contributed by atoms with E-state index in [1.807, 2.05) is 31.2 Å². The molecule has 1 saturated heterocycles. The minimum atomic E-state index is -0.497. The first-order valence-corrected chi connectivity index (χ1v) is 11.8. The molecule has 3 aromatic rings. The molecule has 4 rings (SSSR count). The average molecular weight is 488 g/mol. The highest BCUT2D eigenvalue weighted by atomic mass is 32.2. The second kappa shape index (κ2) is 9.95. The van der Waals surface area contributed by atoms with Gasteiger partial charge in [0.2, 0.25) is 0 Å². The van der Waals surface area contributed by atoms with Gasteiger partial charge in [0.1, 0.15) is 0 Å². The van der Waals surface area contributed by atoms with E-state index in [-0.39, 0.29) is 17.1 Å². The number of carbonyl (C=O) groups is 2. The number of hydrogen-bond donors (Lipinski definition) is 0. The van der Waals surface area contributed by atoms with Crippen molar-refractivity contribution in [1.82, 2.24) is 4.90 Å². The Morgan fingerprint density at radius 1 is 1.12 bits per heavy atom. The van der Waals surface area contributed by atoms with Gasteiger partial charge in [-0.05, 0) is 60.2 Å². The number of aryl methyl sites for hydroxylation is 1. The van der Waals surface area contributed by atoms with E-state index in [1.165, 1.54) is 23.9 Å². The predicted octanol–water partition coefficient (Wildman–Crippen LogP) is 6.16. The van der Waals surface area contributed by atoms with Crippen molar-refractivity contribution >= 4 is 46.4 Å². The number of nitrogens with zero attached hydrogens (tertiary/aromatic N) is 3. The van der Waals surface area contributed by atoms with Crippen LogP contribution < -0.4 is 0 Å². The van der Waals surface area contributed by atoms with Crippen LogP contribution in [0.3, 0.4) is 0 Å². The van der Waals surface area contributed by atoms with Crippen molar-refractivity contribution in [2.45, 2.75) is 23.3 Å². The first kappa shape index (κ1) is 23.3. The van der Waals surface area contributed by atoms with Crippen LogP contribution in [0.15, 0.2) is 81.4 Å². The van der Waals surface area contributed by atoms with Gasteiger partial charge in [-0.1, -0.05) is 53.7 Å². The van der Waals surface area contributed by atoms with Crippen LogP contribution in [-0.2, 0) is 11.3 Å². The van der Waals surface area contributed by atoms with Crippen molar-refractivity contribution in [3.05, 3.63) is 104 Å². The van der Waals surface area contributed by atoms with Gasteiger partial charge in [-0.3, -0.25) is 24.6 Å². The van der Waals surface area contributed by atoms with Gasteiger partial charge in [0.25, 0.3) is 16.8 Å². The SMILES string of the molecule is Cc1ccc(Sc2ccc(/C=C3\SC(=O)N(Cc4ccccc4C#N)C3=O)cc2[N+](=O)[O-])cc1. The number of imide groups is 1. The van der Waals surface area contributed by atoms with Crippen LogP contribution in [0.1, 0.15) is 22.3 Å². The molecule has 0 radical (unpaired) electrons. The first-order valence-electron chi connectivity index (χ1n) is 10.1. The summed E-state index contributed by atoms with van der Waals surface area (Å²) in [5.41, 5.74) is 2.42. The standard InChI is InChI=1S/C25H17N3O4S2/c1-16-6-9-20(10-7-16)33-22-11-8-17(12-21(22)28(31)32)13-23-24(29)27(25(30)34-23)15-19-5-3-2-4-18(19)14-26/h2-13H,15H2,1H3/b23-13-. The summed E-state index contributed by atoms with van der Waals surface area (Å²) in [6.07, 6.45) is 1.48. The third kappa shape index (κ3) is 5.03. The first-order chi connectivity index (χ1) is 16.4. The molecule has 1 heterocycles. The molecule has 0 atom stereocenters. The summed E-state index contributed by atoms with van der Waals surface area (Å²) in [6, 6.07) is 21.2. The zero-order valence-electron chi connectivity index (χ0n) is 17.9. The molecule has 0 N–H and O–H groups in total. The van der Waals surface area contributed by atoms with Gasteiger partial charge in [-0.2, -0.15) is 5.26 Å². The number of benzene rings is 3. The monoisotopic (exact) mass is 487 g/mol. The molecule has 0 unspecified atom stereocenters. The van der Waals surface area contributed by atoms with Crippen LogP contribution in [0, 0.1) is 28.4 Å². The molecule has 9 heteroatoms. The molecule has 0 aliphatic carbocycles. The molecule has 0 aromatic heterocycles. The van der Waals surface area contributed by atoms with Gasteiger partial charge >= 0.3 is 0 Å². The van der Waals surface area contributed by atoms with Crippen LogP contribution in [0.5, 0.6) is 0 Å². The smallest absolute Gasteiger partial charge is 0.268 e. The number of nitriles is 1. The summed E-state index contributed by atoms with van der Waals surface area (Å²) >= 11 is 2.06. The Balaban J connectivity index is 1.58. The molecular formula is C25H17N3O4S2. The van der Waals surface area contributed by atoms with Crippen molar-refractivity contribution in [2.24, 2.45) is 0 Å². The fourth-order valence-electron chi connectivity index (χ4n) is 3.31. The number of nitro groups is 1. The molecule has 0 bridgehead atoms. The summed E-state index contributed by atoms with van der Waals surface area (Å²) in [5.74, 6) is -0.497. The second-order valence-corrected chi connectivity index (χ2v) is 9.54. The third-order valence-corrected chi connectivity index (χ3v) is 7.05. The fraction of sp³-hybridized carbons (Fsp3) is 0.0800. The summed E-state index contributed by atoms with van der Waals surface area (Å²) in [4.78, 5) is 39.2. The summed E-state index contributed by atoms with van der Waals surface area (Å²) in [7, 11) is 0. The van der Waals surface area contributed by atoms with Gasteiger partial charge < -0.3 is 0 Å². The van der Waals surface area contributed by atoms with E-state index >= 15 is 0 Å². The number of hydrogen-bond acceptors (Lipinski definition) is 7. The highest BCUT2D eigenvalue weighted by Gasteiger charge is 2.35. The fourth-order valence-corrected chi connectivity index (χ4v) is 5.05. The van der Waals surface area contributed by atoms with Gasteiger partial charge in [-0.15, -0.1) is 0 Å². The molecule has 7 nitrogen and oxygen atoms in total. The highest BCUT2D eigenvalue weighted by Crippen LogP contribution is 2.38. The summed E-state index contributed by atoms with van der Waals surface area (Å²) < 4.78 is 0. The van der Waals surface area contributed by atoms with E-state index in [4.69, 9.17) is 0 Å². The minimum Gasteiger partial charge on any atom is -0.268 e. The Morgan fingerprint density at radius 2 is 1.85 bits per heavy atom. The Morgan fingerprint density at radius 3 is 2.56 bits per heavy atom. The summed E-state index contributed by atoms with van der Waals surface area (Å²) in [5, 5.41) is 20.5. The van der Waals surface area contributed by atoms with Crippen LogP contribution in [0.4, 0.5) is 10.5 Å². The topological polar surface area (TPSA) is 104 Å². The maximum absolute atomic E-state index is 12.9. The maximum Gasteiger partial charge on any atom is 0.293 e. The number of carbonyl (C=O) groups excluding carboxylic acids is 2. The van der Waals surface area contributed by atoms with Gasteiger partial charge in [0, 0.05) is 11.0 Å². The number of amides is 2.